The average molecular weight is 475 g/mol. The van der Waals surface area contributed by atoms with E-state index in [1.165, 1.54) is 0 Å². The Morgan fingerprint density at radius 1 is 0.629 bits per heavy atom. The SMILES string of the molecule is O=[N+]([O-])c1cccc(-c2ccccc2Cl)c1-c1cccc2c1c1ccccc1n2-c1ccccc1. The minimum Gasteiger partial charge on any atom is -0.309 e. The summed E-state index contributed by atoms with van der Waals surface area (Å²) in [6.07, 6.45) is 0. The van der Waals surface area contributed by atoms with Crippen molar-refractivity contribution < 1.29 is 4.92 Å². The molecule has 0 saturated heterocycles. The Labute approximate surface area is 206 Å². The van der Waals surface area contributed by atoms with Gasteiger partial charge in [-0.15, -0.1) is 0 Å². The number of nitro benzene ring substituents is 1. The first-order chi connectivity index (χ1) is 17.1. The third-order valence-electron chi connectivity index (χ3n) is 6.38. The van der Waals surface area contributed by atoms with Crippen LogP contribution in [0.15, 0.2) is 115 Å². The van der Waals surface area contributed by atoms with E-state index in [4.69, 9.17) is 11.6 Å². The number of rotatable bonds is 4. The smallest absolute Gasteiger partial charge is 0.277 e. The summed E-state index contributed by atoms with van der Waals surface area (Å²) in [6, 6.07) is 37.0. The van der Waals surface area contributed by atoms with Crippen LogP contribution in [0.2, 0.25) is 5.02 Å². The standard InChI is InChI=1S/C30H19ClN2O2/c31-25-16-6-4-12-21(25)22-14-8-19-28(33(34)35)29(22)24-15-9-18-27-30(24)23-13-5-7-17-26(23)32(27)20-10-2-1-3-11-20/h1-19H. The van der Waals surface area contributed by atoms with Gasteiger partial charge in [0.1, 0.15) is 0 Å². The molecule has 1 heterocycles. The summed E-state index contributed by atoms with van der Waals surface area (Å²) in [6.45, 7) is 0. The molecule has 0 aliphatic rings. The third-order valence-corrected chi connectivity index (χ3v) is 6.71. The van der Waals surface area contributed by atoms with E-state index in [2.05, 4.69) is 34.9 Å². The van der Waals surface area contributed by atoms with E-state index in [1.807, 2.05) is 66.7 Å². The molecule has 0 atom stereocenters. The Bertz CT molecular complexity index is 1740. The lowest BCUT2D eigenvalue weighted by Crippen LogP contribution is -1.96. The number of nitrogens with zero attached hydrogens (tertiary/aromatic N) is 2. The summed E-state index contributed by atoms with van der Waals surface area (Å²) in [5.41, 5.74) is 5.96. The molecule has 4 nitrogen and oxygen atoms in total. The van der Waals surface area contributed by atoms with E-state index < -0.39 is 0 Å². The molecule has 168 valence electrons. The van der Waals surface area contributed by atoms with Gasteiger partial charge in [-0.1, -0.05) is 90.5 Å². The number of halogens is 1. The van der Waals surface area contributed by atoms with Crippen LogP contribution < -0.4 is 0 Å². The molecule has 35 heavy (non-hydrogen) atoms. The number of aromatic nitrogens is 1. The highest BCUT2D eigenvalue weighted by Gasteiger charge is 2.25. The molecule has 6 rings (SSSR count). The van der Waals surface area contributed by atoms with Crippen LogP contribution in [0, 0.1) is 10.1 Å². The summed E-state index contributed by atoms with van der Waals surface area (Å²) in [4.78, 5) is 11.9. The fraction of sp³-hybridized carbons (Fsp3) is 0. The van der Waals surface area contributed by atoms with Crippen LogP contribution in [0.25, 0.3) is 49.7 Å². The van der Waals surface area contributed by atoms with Crippen LogP contribution in [0.1, 0.15) is 0 Å². The van der Waals surface area contributed by atoms with Crippen LogP contribution in [-0.4, -0.2) is 9.49 Å². The minimum atomic E-state index is -0.315. The molecule has 5 aromatic carbocycles. The van der Waals surface area contributed by atoms with Crippen molar-refractivity contribution in [1.29, 1.82) is 0 Å². The number of nitro groups is 1. The molecule has 0 fully saturated rings. The Morgan fingerprint density at radius 2 is 1.26 bits per heavy atom. The zero-order valence-corrected chi connectivity index (χ0v) is 19.3. The van der Waals surface area contributed by atoms with Gasteiger partial charge in [-0.25, -0.2) is 0 Å². The molecular formula is C30H19ClN2O2. The van der Waals surface area contributed by atoms with Crippen molar-refractivity contribution in [2.75, 3.05) is 0 Å². The fourth-order valence-electron chi connectivity index (χ4n) is 4.96. The number of para-hydroxylation sites is 2. The van der Waals surface area contributed by atoms with Crippen LogP contribution in [-0.2, 0) is 0 Å². The van der Waals surface area contributed by atoms with Crippen molar-refractivity contribution in [2.24, 2.45) is 0 Å². The molecule has 6 aromatic rings. The second-order valence-corrected chi connectivity index (χ2v) is 8.73. The second-order valence-electron chi connectivity index (χ2n) is 8.32. The van der Waals surface area contributed by atoms with Crippen molar-refractivity contribution in [3.8, 4) is 27.9 Å². The van der Waals surface area contributed by atoms with Gasteiger partial charge in [0.05, 0.1) is 21.5 Å². The third kappa shape index (κ3) is 3.38. The van der Waals surface area contributed by atoms with Gasteiger partial charge in [0.25, 0.3) is 5.69 Å². The maximum absolute atomic E-state index is 12.3. The van der Waals surface area contributed by atoms with Crippen LogP contribution in [0.5, 0.6) is 0 Å². The summed E-state index contributed by atoms with van der Waals surface area (Å²) in [7, 11) is 0. The molecule has 0 amide bonds. The Kier molecular flexibility index (Phi) is 5.09. The molecule has 1 aromatic heterocycles. The van der Waals surface area contributed by atoms with Gasteiger partial charge in [-0.05, 0) is 41.5 Å². The van der Waals surface area contributed by atoms with E-state index in [0.29, 0.717) is 10.6 Å². The summed E-state index contributed by atoms with van der Waals surface area (Å²) in [5, 5.41) is 14.8. The van der Waals surface area contributed by atoms with Crippen LogP contribution in [0.3, 0.4) is 0 Å². The van der Waals surface area contributed by atoms with Crippen molar-refractivity contribution in [3.63, 3.8) is 0 Å². The monoisotopic (exact) mass is 474 g/mol. The van der Waals surface area contributed by atoms with E-state index in [1.54, 1.807) is 18.2 Å². The number of hydrogen-bond donors (Lipinski definition) is 0. The molecule has 0 saturated carbocycles. The number of benzene rings is 5. The van der Waals surface area contributed by atoms with Crippen molar-refractivity contribution in [3.05, 3.63) is 130 Å². The summed E-state index contributed by atoms with van der Waals surface area (Å²) in [5.74, 6) is 0. The highest BCUT2D eigenvalue weighted by molar-refractivity contribution is 6.33. The zero-order chi connectivity index (χ0) is 23.9. The first kappa shape index (κ1) is 21.1. The van der Waals surface area contributed by atoms with E-state index >= 15 is 0 Å². The van der Waals surface area contributed by atoms with Gasteiger partial charge in [0.15, 0.2) is 0 Å². The maximum Gasteiger partial charge on any atom is 0.277 e. The normalized spacial score (nSPS) is 11.2. The molecule has 0 bridgehead atoms. The number of hydrogen-bond acceptors (Lipinski definition) is 2. The molecule has 0 radical (unpaired) electrons. The zero-order valence-electron chi connectivity index (χ0n) is 18.6. The molecule has 0 aliphatic carbocycles. The second kappa shape index (κ2) is 8.42. The molecule has 0 N–H and O–H groups in total. The quantitative estimate of drug-likeness (QED) is 0.189. The lowest BCUT2D eigenvalue weighted by molar-refractivity contribution is -0.384. The lowest BCUT2D eigenvalue weighted by atomic mass is 9.90. The Balaban J connectivity index is 1.78. The predicted molar refractivity (Wildman–Crippen MR) is 143 cm³/mol. The van der Waals surface area contributed by atoms with Gasteiger partial charge < -0.3 is 4.57 Å². The average Bonchev–Trinajstić information content (AvgIpc) is 3.24. The predicted octanol–water partition coefficient (Wildman–Crippen LogP) is 8.68. The van der Waals surface area contributed by atoms with Gasteiger partial charge in [-0.2, -0.15) is 0 Å². The first-order valence-electron chi connectivity index (χ1n) is 11.3. The van der Waals surface area contributed by atoms with Gasteiger partial charge >= 0.3 is 0 Å². The Hall–Kier alpha value is -4.41. The van der Waals surface area contributed by atoms with Crippen molar-refractivity contribution >= 4 is 39.1 Å². The topological polar surface area (TPSA) is 48.1 Å². The van der Waals surface area contributed by atoms with Crippen LogP contribution in [0.4, 0.5) is 5.69 Å². The molecule has 0 spiro atoms. The highest BCUT2D eigenvalue weighted by Crippen LogP contribution is 2.46. The van der Waals surface area contributed by atoms with Crippen LogP contribution >= 0.6 is 11.6 Å². The number of fused-ring (bicyclic) bond motifs is 3. The molecule has 0 unspecified atom stereocenters. The molecular weight excluding hydrogens is 456 g/mol. The van der Waals surface area contributed by atoms with Gasteiger partial charge in [0.2, 0.25) is 0 Å². The van der Waals surface area contributed by atoms with E-state index in [9.17, 15) is 10.1 Å². The summed E-state index contributed by atoms with van der Waals surface area (Å²) >= 11 is 6.57. The minimum absolute atomic E-state index is 0.0476. The molecule has 0 aliphatic heterocycles. The molecule has 5 heteroatoms. The van der Waals surface area contributed by atoms with E-state index in [-0.39, 0.29) is 10.6 Å². The van der Waals surface area contributed by atoms with Gasteiger partial charge in [-0.3, -0.25) is 10.1 Å². The van der Waals surface area contributed by atoms with Crippen molar-refractivity contribution in [2.45, 2.75) is 0 Å². The highest BCUT2D eigenvalue weighted by atomic mass is 35.5. The fourth-order valence-corrected chi connectivity index (χ4v) is 5.20. The first-order valence-corrected chi connectivity index (χ1v) is 11.6. The van der Waals surface area contributed by atoms with E-state index in [0.717, 1.165) is 44.2 Å². The Morgan fingerprint density at radius 3 is 2.06 bits per heavy atom. The van der Waals surface area contributed by atoms with Gasteiger partial charge in [0, 0.05) is 33.1 Å². The van der Waals surface area contributed by atoms with Crippen molar-refractivity contribution in [1.82, 2.24) is 4.57 Å². The largest absolute Gasteiger partial charge is 0.309 e. The summed E-state index contributed by atoms with van der Waals surface area (Å²) < 4.78 is 2.21. The maximum atomic E-state index is 12.3. The lowest BCUT2D eigenvalue weighted by Gasteiger charge is -2.14.